The lowest BCUT2D eigenvalue weighted by Gasteiger charge is -2.07. The van der Waals surface area contributed by atoms with Crippen LogP contribution in [0.1, 0.15) is 12.8 Å². The zero-order valence-corrected chi connectivity index (χ0v) is 11.6. The van der Waals surface area contributed by atoms with Gasteiger partial charge in [-0.05, 0) is 24.8 Å². The van der Waals surface area contributed by atoms with Crippen LogP contribution < -0.4 is 15.8 Å². The largest absolute Gasteiger partial charge is 0.480 e. The standard InChI is InChI=1S/C12H16ClN5O/c1-15-10(5-9(14)7-3-4-7)17-12-16-6-8(13)11(18-12)19-2/h5-7H,3-4,14H2,1-2H3,(H,15,16,17,18). The SMILES string of the molecule is CN=C(C=C(N)C1CC1)Nc1ncc(Cl)c(OC)n1. The first-order chi connectivity index (χ1) is 9.13. The van der Waals surface area contributed by atoms with E-state index in [1.807, 2.05) is 6.08 Å². The van der Waals surface area contributed by atoms with Crippen LogP contribution in [0, 0.1) is 5.92 Å². The van der Waals surface area contributed by atoms with Crippen molar-refractivity contribution in [2.24, 2.45) is 16.6 Å². The maximum absolute atomic E-state index is 5.94. The molecular formula is C12H16ClN5O. The van der Waals surface area contributed by atoms with Gasteiger partial charge in [-0.1, -0.05) is 11.6 Å². The van der Waals surface area contributed by atoms with Crippen LogP contribution >= 0.6 is 11.6 Å². The smallest absolute Gasteiger partial charge is 0.237 e. The van der Waals surface area contributed by atoms with Crippen molar-refractivity contribution in [1.29, 1.82) is 0 Å². The Morgan fingerprint density at radius 2 is 2.37 bits per heavy atom. The highest BCUT2D eigenvalue weighted by Crippen LogP contribution is 2.33. The second kappa shape index (κ2) is 5.88. The number of nitrogens with one attached hydrogen (secondary N) is 1. The maximum Gasteiger partial charge on any atom is 0.237 e. The fourth-order valence-corrected chi connectivity index (χ4v) is 1.69. The minimum atomic E-state index is 0.314. The van der Waals surface area contributed by atoms with E-state index in [2.05, 4.69) is 20.3 Å². The van der Waals surface area contributed by atoms with Gasteiger partial charge in [-0.2, -0.15) is 4.98 Å². The molecule has 0 amide bonds. The quantitative estimate of drug-likeness (QED) is 0.650. The summed E-state index contributed by atoms with van der Waals surface area (Å²) in [7, 11) is 3.17. The topological polar surface area (TPSA) is 85.4 Å². The average Bonchev–Trinajstić information content (AvgIpc) is 3.24. The molecule has 1 aromatic heterocycles. The number of ether oxygens (including phenoxy) is 1. The lowest BCUT2D eigenvalue weighted by Crippen LogP contribution is -2.15. The molecule has 1 fully saturated rings. The molecule has 102 valence electrons. The normalized spacial score (nSPS) is 16.4. The fourth-order valence-electron chi connectivity index (χ4n) is 1.52. The number of aliphatic imine (C=N–C) groups is 1. The van der Waals surface area contributed by atoms with Gasteiger partial charge in [0.25, 0.3) is 0 Å². The van der Waals surface area contributed by atoms with E-state index < -0.39 is 0 Å². The molecule has 1 aromatic rings. The Balaban J connectivity index is 2.12. The highest BCUT2D eigenvalue weighted by molar-refractivity contribution is 6.31. The number of rotatable bonds is 4. The number of hydrogen-bond acceptors (Lipinski definition) is 5. The van der Waals surface area contributed by atoms with Crippen molar-refractivity contribution in [3.8, 4) is 5.88 Å². The van der Waals surface area contributed by atoms with Crippen molar-refractivity contribution in [2.75, 3.05) is 19.5 Å². The zero-order valence-electron chi connectivity index (χ0n) is 10.9. The van der Waals surface area contributed by atoms with Gasteiger partial charge in [-0.3, -0.25) is 4.99 Å². The number of methoxy groups -OCH3 is 1. The first-order valence-electron chi connectivity index (χ1n) is 5.91. The summed E-state index contributed by atoms with van der Waals surface area (Å²) in [6.07, 6.45) is 5.56. The molecule has 0 radical (unpaired) electrons. The number of aromatic nitrogens is 2. The van der Waals surface area contributed by atoms with Gasteiger partial charge in [0.1, 0.15) is 10.9 Å². The summed E-state index contributed by atoms with van der Waals surface area (Å²) in [5.74, 6) is 1.77. The highest BCUT2D eigenvalue weighted by atomic mass is 35.5. The van der Waals surface area contributed by atoms with Crippen molar-refractivity contribution in [3.05, 3.63) is 23.0 Å². The Morgan fingerprint density at radius 3 is 2.95 bits per heavy atom. The number of halogens is 1. The third kappa shape index (κ3) is 3.57. The number of allylic oxidation sites excluding steroid dienone is 1. The molecule has 19 heavy (non-hydrogen) atoms. The van der Waals surface area contributed by atoms with E-state index in [0.717, 1.165) is 18.5 Å². The Morgan fingerprint density at radius 1 is 1.63 bits per heavy atom. The summed E-state index contributed by atoms with van der Waals surface area (Å²) in [4.78, 5) is 12.3. The molecule has 3 N–H and O–H groups in total. The van der Waals surface area contributed by atoms with E-state index in [-0.39, 0.29) is 0 Å². The Bertz CT molecular complexity index is 525. The van der Waals surface area contributed by atoms with E-state index in [9.17, 15) is 0 Å². The van der Waals surface area contributed by atoms with Crippen LogP contribution in [0.3, 0.4) is 0 Å². The van der Waals surface area contributed by atoms with Gasteiger partial charge in [-0.15, -0.1) is 0 Å². The van der Waals surface area contributed by atoms with Crippen LogP contribution in [0.5, 0.6) is 5.88 Å². The predicted octanol–water partition coefficient (Wildman–Crippen LogP) is 1.83. The van der Waals surface area contributed by atoms with Gasteiger partial charge < -0.3 is 15.8 Å². The van der Waals surface area contributed by atoms with Crippen molar-refractivity contribution >= 4 is 23.4 Å². The minimum absolute atomic E-state index is 0.314. The molecule has 1 saturated carbocycles. The summed E-state index contributed by atoms with van der Waals surface area (Å²) < 4.78 is 5.03. The summed E-state index contributed by atoms with van der Waals surface area (Å²) in [6, 6.07) is 0. The zero-order chi connectivity index (χ0) is 13.8. The number of nitrogens with zero attached hydrogens (tertiary/aromatic N) is 3. The molecule has 0 atom stereocenters. The average molecular weight is 282 g/mol. The van der Waals surface area contributed by atoms with Crippen molar-refractivity contribution in [3.63, 3.8) is 0 Å². The molecule has 6 nitrogen and oxygen atoms in total. The molecule has 1 heterocycles. The number of amidine groups is 1. The highest BCUT2D eigenvalue weighted by Gasteiger charge is 2.24. The molecule has 0 unspecified atom stereocenters. The van der Waals surface area contributed by atoms with Gasteiger partial charge in [-0.25, -0.2) is 4.98 Å². The van der Waals surface area contributed by atoms with E-state index in [1.165, 1.54) is 13.3 Å². The summed E-state index contributed by atoms with van der Waals surface area (Å²) in [5, 5.41) is 3.33. The number of anilines is 1. The van der Waals surface area contributed by atoms with Crippen LogP contribution in [0.4, 0.5) is 5.95 Å². The van der Waals surface area contributed by atoms with Gasteiger partial charge in [0.05, 0.1) is 13.3 Å². The molecular weight excluding hydrogens is 266 g/mol. The van der Waals surface area contributed by atoms with E-state index in [0.29, 0.717) is 28.6 Å². The summed E-state index contributed by atoms with van der Waals surface area (Å²) in [5.41, 5.74) is 6.77. The Labute approximate surface area is 116 Å². The lowest BCUT2D eigenvalue weighted by molar-refractivity contribution is 0.398. The molecule has 0 aromatic carbocycles. The Hall–Kier alpha value is -1.82. The molecule has 0 aliphatic heterocycles. The molecule has 7 heteroatoms. The molecule has 1 aliphatic rings. The minimum Gasteiger partial charge on any atom is -0.480 e. The third-order valence-corrected chi connectivity index (χ3v) is 3.00. The van der Waals surface area contributed by atoms with Crippen molar-refractivity contribution in [2.45, 2.75) is 12.8 Å². The monoisotopic (exact) mass is 281 g/mol. The molecule has 1 aliphatic carbocycles. The van der Waals surface area contributed by atoms with Crippen LogP contribution in [-0.4, -0.2) is 30.0 Å². The van der Waals surface area contributed by atoms with Gasteiger partial charge >= 0.3 is 0 Å². The Kier molecular flexibility index (Phi) is 4.21. The first kappa shape index (κ1) is 13.6. The molecule has 0 spiro atoms. The lowest BCUT2D eigenvalue weighted by atomic mass is 10.3. The van der Waals surface area contributed by atoms with Crippen LogP contribution in [0.2, 0.25) is 5.02 Å². The summed E-state index contributed by atoms with van der Waals surface area (Å²) >= 11 is 5.86. The fraction of sp³-hybridized carbons (Fsp3) is 0.417. The van der Waals surface area contributed by atoms with Crippen molar-refractivity contribution in [1.82, 2.24) is 9.97 Å². The maximum atomic E-state index is 5.94. The number of hydrogen-bond donors (Lipinski definition) is 2. The van der Waals surface area contributed by atoms with Crippen molar-refractivity contribution < 1.29 is 4.74 Å². The van der Waals surface area contributed by atoms with Gasteiger partial charge in [0.2, 0.25) is 11.8 Å². The first-order valence-corrected chi connectivity index (χ1v) is 6.29. The second-order valence-electron chi connectivity index (χ2n) is 4.20. The van der Waals surface area contributed by atoms with E-state index in [4.69, 9.17) is 22.1 Å². The second-order valence-corrected chi connectivity index (χ2v) is 4.61. The van der Waals surface area contributed by atoms with E-state index in [1.54, 1.807) is 7.05 Å². The van der Waals surface area contributed by atoms with Crippen LogP contribution in [-0.2, 0) is 0 Å². The molecule has 0 bridgehead atoms. The molecule has 2 rings (SSSR count). The third-order valence-electron chi connectivity index (χ3n) is 2.74. The van der Waals surface area contributed by atoms with Gasteiger partial charge in [0, 0.05) is 12.7 Å². The number of nitrogens with two attached hydrogens (primary N) is 1. The van der Waals surface area contributed by atoms with Crippen LogP contribution in [0.15, 0.2) is 23.0 Å². The van der Waals surface area contributed by atoms with Gasteiger partial charge in [0.15, 0.2) is 0 Å². The van der Waals surface area contributed by atoms with Crippen LogP contribution in [0.25, 0.3) is 0 Å². The van der Waals surface area contributed by atoms with E-state index >= 15 is 0 Å². The summed E-state index contributed by atoms with van der Waals surface area (Å²) in [6.45, 7) is 0. The predicted molar refractivity (Wildman–Crippen MR) is 75.6 cm³/mol. The molecule has 0 saturated heterocycles.